The molecule has 0 unspecified atom stereocenters. The highest BCUT2D eigenvalue weighted by molar-refractivity contribution is 7.09. The molecule has 0 radical (unpaired) electrons. The first kappa shape index (κ1) is 20.8. The van der Waals surface area contributed by atoms with Crippen molar-refractivity contribution in [2.24, 2.45) is 0 Å². The number of aryl methyl sites for hydroxylation is 1. The van der Waals surface area contributed by atoms with Crippen molar-refractivity contribution in [1.82, 2.24) is 20.5 Å². The first-order valence-corrected chi connectivity index (χ1v) is 11.4. The fraction of sp³-hybridized carbons (Fsp3) is 0.500. The van der Waals surface area contributed by atoms with E-state index < -0.39 is 0 Å². The van der Waals surface area contributed by atoms with E-state index in [-0.39, 0.29) is 29.3 Å². The number of nitrogens with zero attached hydrogens (tertiary/aromatic N) is 1. The van der Waals surface area contributed by atoms with Crippen molar-refractivity contribution in [2.45, 2.75) is 50.6 Å². The summed E-state index contributed by atoms with van der Waals surface area (Å²) in [5, 5.41) is 5.70. The Balaban J connectivity index is 1.14. The zero-order valence-corrected chi connectivity index (χ0v) is 18.0. The molecule has 3 N–H and O–H groups in total. The van der Waals surface area contributed by atoms with Crippen molar-refractivity contribution < 1.29 is 9.59 Å². The van der Waals surface area contributed by atoms with Crippen molar-refractivity contribution >= 4 is 23.2 Å². The summed E-state index contributed by atoms with van der Waals surface area (Å²) in [6, 6.07) is 8.03. The third kappa shape index (κ3) is 4.99. The van der Waals surface area contributed by atoms with Crippen LogP contribution in [0.4, 0.5) is 0 Å². The number of amides is 2. The lowest BCUT2D eigenvalue weighted by Gasteiger charge is -2.46. The van der Waals surface area contributed by atoms with Gasteiger partial charge in [-0.2, -0.15) is 0 Å². The van der Waals surface area contributed by atoms with Crippen LogP contribution in [0.15, 0.2) is 35.3 Å². The number of carbonyl (C=O) groups excluding carboxylic acids is 2. The number of hydrogen-bond donors (Lipinski definition) is 3. The van der Waals surface area contributed by atoms with Gasteiger partial charge < -0.3 is 15.6 Å². The number of hydrogen-bond acceptors (Lipinski definition) is 5. The number of nitrogens with one attached hydrogen (secondary N) is 3. The number of thiazole rings is 1. The SMILES string of the molecule is Cc1cccc(C(=O)NCC(=O)NC2CN(C3CCC(c4c[nH]c(=O)s4)CC3)C2)c1. The minimum absolute atomic E-state index is 0.00603. The van der Waals surface area contributed by atoms with Gasteiger partial charge in [0.15, 0.2) is 0 Å². The van der Waals surface area contributed by atoms with Crippen LogP contribution in [0, 0.1) is 6.92 Å². The van der Waals surface area contributed by atoms with Crippen molar-refractivity contribution in [2.75, 3.05) is 19.6 Å². The Hall–Kier alpha value is -2.45. The average Bonchev–Trinajstić information content (AvgIpc) is 3.15. The second-order valence-electron chi connectivity index (χ2n) is 8.36. The fourth-order valence-corrected chi connectivity index (χ4v) is 5.30. The van der Waals surface area contributed by atoms with E-state index in [0.717, 1.165) is 44.3 Å². The summed E-state index contributed by atoms with van der Waals surface area (Å²) in [4.78, 5) is 42.1. The van der Waals surface area contributed by atoms with Crippen LogP contribution >= 0.6 is 11.3 Å². The van der Waals surface area contributed by atoms with Crippen LogP contribution in [-0.4, -0.2) is 53.4 Å². The summed E-state index contributed by atoms with van der Waals surface area (Å²) >= 11 is 1.33. The monoisotopic (exact) mass is 428 g/mol. The highest BCUT2D eigenvalue weighted by Gasteiger charge is 2.35. The zero-order chi connectivity index (χ0) is 21.1. The number of carbonyl (C=O) groups is 2. The first-order valence-electron chi connectivity index (χ1n) is 10.5. The van der Waals surface area contributed by atoms with Crippen LogP contribution in [0.2, 0.25) is 0 Å². The second-order valence-corrected chi connectivity index (χ2v) is 9.40. The van der Waals surface area contributed by atoms with Crippen LogP contribution in [-0.2, 0) is 4.79 Å². The number of rotatable bonds is 6. The summed E-state index contributed by atoms with van der Waals surface area (Å²) in [6.45, 7) is 3.66. The Morgan fingerprint density at radius 3 is 2.63 bits per heavy atom. The van der Waals surface area contributed by atoms with Crippen LogP contribution in [0.1, 0.15) is 52.4 Å². The van der Waals surface area contributed by atoms with E-state index in [0.29, 0.717) is 17.5 Å². The van der Waals surface area contributed by atoms with Crippen LogP contribution < -0.4 is 15.5 Å². The van der Waals surface area contributed by atoms with Crippen molar-refractivity contribution in [3.8, 4) is 0 Å². The van der Waals surface area contributed by atoms with Gasteiger partial charge in [-0.25, -0.2) is 0 Å². The summed E-state index contributed by atoms with van der Waals surface area (Å²) in [6.07, 6.45) is 6.34. The van der Waals surface area contributed by atoms with Crippen molar-refractivity contribution in [3.63, 3.8) is 0 Å². The molecule has 1 aliphatic carbocycles. The van der Waals surface area contributed by atoms with E-state index in [4.69, 9.17) is 0 Å². The molecule has 0 atom stereocenters. The molecule has 7 nitrogen and oxygen atoms in total. The van der Waals surface area contributed by atoms with Gasteiger partial charge in [0.2, 0.25) is 5.91 Å². The molecule has 30 heavy (non-hydrogen) atoms. The summed E-state index contributed by atoms with van der Waals surface area (Å²) in [7, 11) is 0. The van der Waals surface area contributed by atoms with Gasteiger partial charge in [0.05, 0.1) is 12.6 Å². The molecule has 1 aromatic heterocycles. The van der Waals surface area contributed by atoms with Crippen molar-refractivity contribution in [1.29, 1.82) is 0 Å². The molecule has 160 valence electrons. The Morgan fingerprint density at radius 2 is 1.97 bits per heavy atom. The Kier molecular flexibility index (Phi) is 6.34. The number of aromatic nitrogens is 1. The number of benzene rings is 1. The van der Waals surface area contributed by atoms with E-state index >= 15 is 0 Å². The van der Waals surface area contributed by atoms with Gasteiger partial charge in [-0.15, -0.1) is 0 Å². The quantitative estimate of drug-likeness (QED) is 0.656. The largest absolute Gasteiger partial charge is 0.349 e. The third-order valence-electron chi connectivity index (χ3n) is 6.12. The molecule has 1 aliphatic heterocycles. The second kappa shape index (κ2) is 9.14. The molecule has 1 saturated heterocycles. The molecule has 0 bridgehead atoms. The maximum atomic E-state index is 12.2. The van der Waals surface area contributed by atoms with E-state index in [1.54, 1.807) is 6.07 Å². The molecule has 4 rings (SSSR count). The van der Waals surface area contributed by atoms with Gasteiger partial charge in [-0.1, -0.05) is 29.0 Å². The van der Waals surface area contributed by atoms with Gasteiger partial charge in [0.25, 0.3) is 5.91 Å². The van der Waals surface area contributed by atoms with Crippen LogP contribution in [0.25, 0.3) is 0 Å². The van der Waals surface area contributed by atoms with E-state index in [2.05, 4.69) is 20.5 Å². The number of likely N-dealkylation sites (tertiary alicyclic amines) is 1. The summed E-state index contributed by atoms with van der Waals surface area (Å²) < 4.78 is 0. The van der Waals surface area contributed by atoms with Crippen LogP contribution in [0.5, 0.6) is 0 Å². The third-order valence-corrected chi connectivity index (χ3v) is 7.11. The van der Waals surface area contributed by atoms with Crippen molar-refractivity contribution in [3.05, 3.63) is 56.1 Å². The van der Waals surface area contributed by atoms with E-state index in [9.17, 15) is 14.4 Å². The summed E-state index contributed by atoms with van der Waals surface area (Å²) in [5.41, 5.74) is 1.58. The molecule has 2 aromatic rings. The molecule has 1 saturated carbocycles. The Labute approximate surface area is 179 Å². The minimum atomic E-state index is -0.228. The Morgan fingerprint density at radius 1 is 1.20 bits per heavy atom. The molecular formula is C22H28N4O3S. The highest BCUT2D eigenvalue weighted by Crippen LogP contribution is 2.36. The molecule has 2 fully saturated rings. The molecule has 2 aliphatic rings. The zero-order valence-electron chi connectivity index (χ0n) is 17.1. The van der Waals surface area contributed by atoms with Gasteiger partial charge in [0, 0.05) is 35.8 Å². The number of H-pyrrole nitrogens is 1. The smallest absolute Gasteiger partial charge is 0.304 e. The molecule has 0 spiro atoms. The minimum Gasteiger partial charge on any atom is -0.349 e. The number of aromatic amines is 1. The van der Waals surface area contributed by atoms with E-state index in [1.165, 1.54) is 16.2 Å². The fourth-order valence-electron chi connectivity index (χ4n) is 4.45. The molecule has 8 heteroatoms. The summed E-state index contributed by atoms with van der Waals surface area (Å²) in [5.74, 6) is 0.124. The lowest BCUT2D eigenvalue weighted by atomic mass is 9.83. The van der Waals surface area contributed by atoms with Gasteiger partial charge in [-0.05, 0) is 50.7 Å². The molecule has 2 heterocycles. The van der Waals surface area contributed by atoms with E-state index in [1.807, 2.05) is 31.3 Å². The lowest BCUT2D eigenvalue weighted by Crippen LogP contribution is -2.63. The van der Waals surface area contributed by atoms with Gasteiger partial charge >= 0.3 is 4.87 Å². The average molecular weight is 429 g/mol. The maximum absolute atomic E-state index is 12.2. The normalized spacial score (nSPS) is 22.3. The highest BCUT2D eigenvalue weighted by atomic mass is 32.1. The molecular weight excluding hydrogens is 400 g/mol. The maximum Gasteiger partial charge on any atom is 0.304 e. The standard InChI is InChI=1S/C22H28N4O3S/c1-14-3-2-4-16(9-14)21(28)23-11-20(27)25-17-12-26(13-17)18-7-5-15(6-8-18)19-10-24-22(29)30-19/h2-4,9-10,15,17-18H,5-8,11-13H2,1H3,(H,23,28)(H,24,29)(H,25,27). The first-order chi connectivity index (χ1) is 14.5. The lowest BCUT2D eigenvalue weighted by molar-refractivity contribution is -0.122. The van der Waals surface area contributed by atoms with Crippen LogP contribution in [0.3, 0.4) is 0 Å². The van der Waals surface area contributed by atoms with Gasteiger partial charge in [-0.3, -0.25) is 19.3 Å². The topological polar surface area (TPSA) is 94.3 Å². The predicted molar refractivity (Wildman–Crippen MR) is 117 cm³/mol. The molecule has 1 aromatic carbocycles. The predicted octanol–water partition coefficient (Wildman–Crippen LogP) is 2.00. The van der Waals surface area contributed by atoms with Gasteiger partial charge in [0.1, 0.15) is 0 Å². The Bertz CT molecular complexity index is 955. The molecule has 2 amide bonds.